The number of fused-ring (bicyclic) bond motifs is 5. The van der Waals surface area contributed by atoms with E-state index in [4.69, 9.17) is 0 Å². The summed E-state index contributed by atoms with van der Waals surface area (Å²) in [4.78, 5) is 2.38. The van der Waals surface area contributed by atoms with E-state index in [-0.39, 0.29) is 0 Å². The molecule has 54 heavy (non-hydrogen) atoms. The van der Waals surface area contributed by atoms with Gasteiger partial charge in [-0.2, -0.15) is 0 Å². The lowest BCUT2D eigenvalue weighted by Gasteiger charge is -2.26. The molecule has 0 saturated carbocycles. The quantitative estimate of drug-likeness (QED) is 0.162. The minimum absolute atomic E-state index is 1.09. The summed E-state index contributed by atoms with van der Waals surface area (Å²) < 4.78 is 2.46. The van der Waals surface area contributed by atoms with Crippen molar-refractivity contribution >= 4 is 49.6 Å². The van der Waals surface area contributed by atoms with Crippen molar-refractivity contribution in [2.45, 2.75) is 0 Å². The summed E-state index contributed by atoms with van der Waals surface area (Å²) in [6.07, 6.45) is 0. The maximum Gasteiger partial charge on any atom is 0.0619 e. The predicted octanol–water partition coefficient (Wildman–Crippen LogP) is 14.4. The van der Waals surface area contributed by atoms with E-state index < -0.39 is 0 Å². The molecule has 254 valence electrons. The van der Waals surface area contributed by atoms with E-state index in [1.807, 2.05) is 0 Å². The highest BCUT2D eigenvalue weighted by atomic mass is 15.1. The second-order valence-electron chi connectivity index (χ2n) is 13.8. The first-order valence-electron chi connectivity index (χ1n) is 18.5. The van der Waals surface area contributed by atoms with E-state index in [2.05, 4.69) is 228 Å². The summed E-state index contributed by atoms with van der Waals surface area (Å²) in [5.41, 5.74) is 14.0. The third-order valence-electron chi connectivity index (χ3n) is 10.6. The Kier molecular flexibility index (Phi) is 7.85. The summed E-state index contributed by atoms with van der Waals surface area (Å²) >= 11 is 0. The van der Waals surface area contributed by atoms with Crippen LogP contribution in [-0.2, 0) is 0 Å². The summed E-state index contributed by atoms with van der Waals surface area (Å²) in [5.74, 6) is 0. The van der Waals surface area contributed by atoms with E-state index >= 15 is 0 Å². The molecule has 1 aromatic heterocycles. The zero-order valence-electron chi connectivity index (χ0n) is 29.7. The summed E-state index contributed by atoms with van der Waals surface area (Å²) in [6.45, 7) is 0. The fourth-order valence-corrected chi connectivity index (χ4v) is 7.92. The van der Waals surface area contributed by atoms with Gasteiger partial charge in [-0.1, -0.05) is 170 Å². The lowest BCUT2D eigenvalue weighted by Crippen LogP contribution is -2.10. The van der Waals surface area contributed by atoms with Gasteiger partial charge in [0.15, 0.2) is 0 Å². The van der Waals surface area contributed by atoms with Gasteiger partial charge in [-0.05, 0) is 87.3 Å². The number of hydrogen-bond acceptors (Lipinski definition) is 1. The summed E-state index contributed by atoms with van der Waals surface area (Å²) in [5, 5.41) is 4.94. The largest absolute Gasteiger partial charge is 0.310 e. The van der Waals surface area contributed by atoms with Crippen LogP contribution in [-0.4, -0.2) is 4.57 Å². The van der Waals surface area contributed by atoms with Gasteiger partial charge in [0.1, 0.15) is 0 Å². The Hall–Kier alpha value is -7.16. The minimum Gasteiger partial charge on any atom is -0.310 e. The van der Waals surface area contributed by atoms with Crippen LogP contribution in [0.5, 0.6) is 0 Å². The van der Waals surface area contributed by atoms with Crippen LogP contribution in [0.1, 0.15) is 0 Å². The standard InChI is InChI=1S/C52H36N2/c1-4-12-37(13-5-1)40-20-27-44(28-21-40)53(45-29-22-41(23-30-45)38-14-6-2-7-15-38)47-33-35-49-50-34-26-43-18-10-11-19-48(43)52(50)54(51(49)36-47)46-31-24-42(25-32-46)39-16-8-3-9-17-39/h1-36H. The molecule has 0 unspecified atom stereocenters. The van der Waals surface area contributed by atoms with E-state index in [1.165, 1.54) is 60.4 Å². The van der Waals surface area contributed by atoms with E-state index in [1.54, 1.807) is 0 Å². The van der Waals surface area contributed by atoms with Crippen molar-refractivity contribution in [1.82, 2.24) is 4.57 Å². The van der Waals surface area contributed by atoms with Crippen molar-refractivity contribution in [3.8, 4) is 39.1 Å². The average molecular weight is 689 g/mol. The lowest BCUT2D eigenvalue weighted by atomic mass is 10.0. The van der Waals surface area contributed by atoms with Gasteiger partial charge in [-0.15, -0.1) is 0 Å². The Balaban J connectivity index is 1.17. The van der Waals surface area contributed by atoms with Crippen molar-refractivity contribution in [3.63, 3.8) is 0 Å². The molecule has 0 N–H and O–H groups in total. The highest BCUT2D eigenvalue weighted by Gasteiger charge is 2.19. The normalized spacial score (nSPS) is 11.3. The highest BCUT2D eigenvalue weighted by Crippen LogP contribution is 2.42. The number of nitrogens with zero attached hydrogens (tertiary/aromatic N) is 2. The third kappa shape index (κ3) is 5.62. The first-order chi connectivity index (χ1) is 26.8. The maximum atomic E-state index is 2.46. The van der Waals surface area contributed by atoms with Gasteiger partial charge in [-0.3, -0.25) is 0 Å². The topological polar surface area (TPSA) is 8.17 Å². The van der Waals surface area contributed by atoms with E-state index in [0.717, 1.165) is 28.3 Å². The lowest BCUT2D eigenvalue weighted by molar-refractivity contribution is 1.18. The Bertz CT molecular complexity index is 2790. The molecule has 0 spiro atoms. The number of rotatable bonds is 7. The molecular weight excluding hydrogens is 653 g/mol. The Morgan fingerprint density at radius 2 is 0.722 bits per heavy atom. The average Bonchev–Trinajstić information content (AvgIpc) is 3.59. The molecule has 1 heterocycles. The zero-order valence-corrected chi connectivity index (χ0v) is 29.7. The Labute approximate surface area is 315 Å². The van der Waals surface area contributed by atoms with E-state index in [0.29, 0.717) is 0 Å². The molecule has 0 radical (unpaired) electrons. The van der Waals surface area contributed by atoms with E-state index in [9.17, 15) is 0 Å². The molecule has 0 aliphatic carbocycles. The SMILES string of the molecule is c1ccc(-c2ccc(N(c3ccc(-c4ccccc4)cc3)c3ccc4c5ccc6ccccc6c5n(-c5ccc(-c6ccccc6)cc5)c4c3)cc2)cc1. The maximum absolute atomic E-state index is 2.46. The summed E-state index contributed by atoms with van der Waals surface area (Å²) in [6, 6.07) is 78.9. The molecule has 0 atom stereocenters. The first-order valence-corrected chi connectivity index (χ1v) is 18.5. The van der Waals surface area contributed by atoms with Crippen LogP contribution in [0.3, 0.4) is 0 Å². The number of benzene rings is 9. The van der Waals surface area contributed by atoms with Crippen LogP contribution in [0, 0.1) is 0 Å². The molecule has 0 aliphatic heterocycles. The van der Waals surface area contributed by atoms with Crippen molar-refractivity contribution in [1.29, 1.82) is 0 Å². The number of hydrogen-bond donors (Lipinski definition) is 0. The molecule has 0 aliphatic rings. The van der Waals surface area contributed by atoms with Gasteiger partial charge in [0.25, 0.3) is 0 Å². The fourth-order valence-electron chi connectivity index (χ4n) is 7.92. The summed E-state index contributed by atoms with van der Waals surface area (Å²) in [7, 11) is 0. The van der Waals surface area contributed by atoms with Crippen LogP contribution in [0.4, 0.5) is 17.1 Å². The highest BCUT2D eigenvalue weighted by molar-refractivity contribution is 6.19. The molecular formula is C52H36N2. The molecule has 0 fully saturated rings. The molecule has 0 saturated heterocycles. The second kappa shape index (κ2) is 13.4. The smallest absolute Gasteiger partial charge is 0.0619 e. The molecule has 9 aromatic carbocycles. The monoisotopic (exact) mass is 688 g/mol. The predicted molar refractivity (Wildman–Crippen MR) is 229 cm³/mol. The van der Waals surface area contributed by atoms with Gasteiger partial charge in [0.05, 0.1) is 11.0 Å². The van der Waals surface area contributed by atoms with Gasteiger partial charge in [-0.25, -0.2) is 0 Å². The van der Waals surface area contributed by atoms with Crippen molar-refractivity contribution < 1.29 is 0 Å². The Morgan fingerprint density at radius 1 is 0.296 bits per heavy atom. The third-order valence-corrected chi connectivity index (χ3v) is 10.6. The van der Waals surface area contributed by atoms with Crippen molar-refractivity contribution in [3.05, 3.63) is 218 Å². The van der Waals surface area contributed by atoms with Crippen LogP contribution < -0.4 is 4.90 Å². The van der Waals surface area contributed by atoms with Gasteiger partial charge in [0, 0.05) is 38.9 Å². The fraction of sp³-hybridized carbons (Fsp3) is 0. The number of anilines is 3. The number of aromatic nitrogens is 1. The first kappa shape index (κ1) is 31.6. The van der Waals surface area contributed by atoms with Crippen molar-refractivity contribution in [2.75, 3.05) is 4.90 Å². The van der Waals surface area contributed by atoms with Crippen LogP contribution in [0.15, 0.2) is 218 Å². The molecule has 0 amide bonds. The molecule has 10 aromatic rings. The zero-order chi connectivity index (χ0) is 35.8. The molecule has 10 rings (SSSR count). The molecule has 2 nitrogen and oxygen atoms in total. The van der Waals surface area contributed by atoms with Crippen LogP contribution >= 0.6 is 0 Å². The molecule has 0 bridgehead atoms. The Morgan fingerprint density at radius 3 is 1.26 bits per heavy atom. The van der Waals surface area contributed by atoms with Gasteiger partial charge >= 0.3 is 0 Å². The molecule has 2 heteroatoms. The van der Waals surface area contributed by atoms with Crippen LogP contribution in [0.25, 0.3) is 71.6 Å². The van der Waals surface area contributed by atoms with Crippen molar-refractivity contribution in [2.24, 2.45) is 0 Å². The second-order valence-corrected chi connectivity index (χ2v) is 13.8. The minimum atomic E-state index is 1.09. The van der Waals surface area contributed by atoms with Gasteiger partial charge in [0.2, 0.25) is 0 Å². The van der Waals surface area contributed by atoms with Crippen LogP contribution in [0.2, 0.25) is 0 Å². The van der Waals surface area contributed by atoms with Gasteiger partial charge < -0.3 is 9.47 Å².